The number of nitrogens with zero attached hydrogens (tertiary/aromatic N) is 4. The van der Waals surface area contributed by atoms with Crippen LogP contribution in [0.5, 0.6) is 5.75 Å². The summed E-state index contributed by atoms with van der Waals surface area (Å²) in [6.07, 6.45) is 2.89. The maximum atomic E-state index is 13.8. The van der Waals surface area contributed by atoms with Gasteiger partial charge < -0.3 is 9.30 Å². The lowest BCUT2D eigenvalue weighted by Gasteiger charge is -2.04. The molecule has 0 atom stereocenters. The zero-order valence-electron chi connectivity index (χ0n) is 14.2. The standard InChI is InChI=1S/C15H16FN5O3S2/c1-9(2)21-7-13(17-8-21)26(22,23)20-15-18-14(19-25-15)10-4-5-12(24-3)11(16)6-10/h4-9H,1-3H3,(H,18,19,20). The van der Waals surface area contributed by atoms with Crippen LogP contribution in [0.4, 0.5) is 9.52 Å². The van der Waals surface area contributed by atoms with E-state index in [-0.39, 0.29) is 27.8 Å². The van der Waals surface area contributed by atoms with E-state index in [1.165, 1.54) is 31.8 Å². The fourth-order valence-electron chi connectivity index (χ4n) is 2.09. The fraction of sp³-hybridized carbons (Fsp3) is 0.267. The Morgan fingerprint density at radius 3 is 2.73 bits per heavy atom. The molecule has 2 aromatic heterocycles. The lowest BCUT2D eigenvalue weighted by atomic mass is 10.2. The van der Waals surface area contributed by atoms with Crippen LogP contribution in [0.2, 0.25) is 0 Å². The molecule has 0 fully saturated rings. The predicted molar refractivity (Wildman–Crippen MR) is 95.3 cm³/mol. The molecule has 0 aliphatic heterocycles. The maximum absolute atomic E-state index is 13.8. The van der Waals surface area contributed by atoms with Gasteiger partial charge in [0, 0.05) is 29.3 Å². The Labute approximate surface area is 153 Å². The number of nitrogens with one attached hydrogen (secondary N) is 1. The molecular weight excluding hydrogens is 381 g/mol. The minimum absolute atomic E-state index is 0.0651. The minimum Gasteiger partial charge on any atom is -0.494 e. The van der Waals surface area contributed by atoms with E-state index in [0.29, 0.717) is 5.56 Å². The SMILES string of the molecule is COc1ccc(-c2nsc(NS(=O)(=O)c3cn(C(C)C)cn3)n2)cc1F. The molecule has 26 heavy (non-hydrogen) atoms. The molecule has 8 nitrogen and oxygen atoms in total. The first kappa shape index (κ1) is 18.3. The zero-order chi connectivity index (χ0) is 18.9. The number of halogens is 1. The summed E-state index contributed by atoms with van der Waals surface area (Å²) in [5, 5.41) is -0.0474. The van der Waals surface area contributed by atoms with Gasteiger partial charge in [-0.3, -0.25) is 4.72 Å². The van der Waals surface area contributed by atoms with Gasteiger partial charge >= 0.3 is 0 Å². The van der Waals surface area contributed by atoms with Crippen LogP contribution >= 0.6 is 11.5 Å². The number of aromatic nitrogens is 4. The normalized spacial score (nSPS) is 11.7. The number of hydrogen-bond acceptors (Lipinski definition) is 7. The number of ether oxygens (including phenoxy) is 1. The second-order valence-electron chi connectivity index (χ2n) is 5.63. The zero-order valence-corrected chi connectivity index (χ0v) is 15.8. The molecule has 0 spiro atoms. The van der Waals surface area contributed by atoms with Crippen LogP contribution in [0.1, 0.15) is 19.9 Å². The van der Waals surface area contributed by atoms with Crippen LogP contribution in [0.15, 0.2) is 35.7 Å². The van der Waals surface area contributed by atoms with Gasteiger partial charge in [-0.1, -0.05) is 0 Å². The first-order valence-corrected chi connectivity index (χ1v) is 9.79. The highest BCUT2D eigenvalue weighted by molar-refractivity contribution is 7.92. The Morgan fingerprint density at radius 2 is 2.12 bits per heavy atom. The Balaban J connectivity index is 1.82. The summed E-state index contributed by atoms with van der Waals surface area (Å²) in [4.78, 5) is 8.01. The lowest BCUT2D eigenvalue weighted by Crippen LogP contribution is -2.13. The average Bonchev–Trinajstić information content (AvgIpc) is 3.24. The summed E-state index contributed by atoms with van der Waals surface area (Å²) >= 11 is 0.855. The highest BCUT2D eigenvalue weighted by Crippen LogP contribution is 2.26. The monoisotopic (exact) mass is 397 g/mol. The third kappa shape index (κ3) is 3.68. The van der Waals surface area contributed by atoms with E-state index < -0.39 is 15.8 Å². The van der Waals surface area contributed by atoms with Crippen LogP contribution < -0.4 is 9.46 Å². The van der Waals surface area contributed by atoms with E-state index in [2.05, 4.69) is 19.1 Å². The molecule has 0 aliphatic rings. The van der Waals surface area contributed by atoms with Gasteiger partial charge in [-0.15, -0.1) is 0 Å². The Morgan fingerprint density at radius 1 is 1.35 bits per heavy atom. The van der Waals surface area contributed by atoms with Crippen LogP contribution in [-0.2, 0) is 10.0 Å². The smallest absolute Gasteiger partial charge is 0.282 e. The van der Waals surface area contributed by atoms with Gasteiger partial charge in [0.15, 0.2) is 22.4 Å². The van der Waals surface area contributed by atoms with Crippen LogP contribution in [0, 0.1) is 5.82 Å². The Bertz CT molecular complexity index is 1030. The third-order valence-corrected chi connectivity index (χ3v) is 5.49. The second kappa shape index (κ2) is 7.00. The maximum Gasteiger partial charge on any atom is 0.282 e. The van der Waals surface area contributed by atoms with Crippen molar-refractivity contribution in [3.05, 3.63) is 36.5 Å². The number of methoxy groups -OCH3 is 1. The molecule has 1 N–H and O–H groups in total. The van der Waals surface area contributed by atoms with Gasteiger partial charge in [-0.25, -0.2) is 9.37 Å². The van der Waals surface area contributed by atoms with Crippen molar-refractivity contribution >= 4 is 26.7 Å². The largest absolute Gasteiger partial charge is 0.494 e. The molecule has 11 heteroatoms. The van der Waals surface area contributed by atoms with Gasteiger partial charge in [0.2, 0.25) is 5.13 Å². The van der Waals surface area contributed by atoms with Gasteiger partial charge in [-0.2, -0.15) is 17.8 Å². The Kier molecular flexibility index (Phi) is 4.92. The number of sulfonamides is 1. The van der Waals surface area contributed by atoms with Gasteiger partial charge in [0.05, 0.1) is 13.4 Å². The van der Waals surface area contributed by atoms with Crippen molar-refractivity contribution in [2.24, 2.45) is 0 Å². The van der Waals surface area contributed by atoms with Crippen molar-refractivity contribution in [1.82, 2.24) is 18.9 Å². The first-order chi connectivity index (χ1) is 12.3. The van der Waals surface area contributed by atoms with E-state index in [1.54, 1.807) is 10.6 Å². The lowest BCUT2D eigenvalue weighted by molar-refractivity contribution is 0.386. The molecule has 1 aromatic carbocycles. The van der Waals surface area contributed by atoms with Gasteiger partial charge in [0.1, 0.15) is 0 Å². The van der Waals surface area contributed by atoms with Gasteiger partial charge in [-0.05, 0) is 32.0 Å². The summed E-state index contributed by atoms with van der Waals surface area (Å²) in [6, 6.07) is 4.36. The number of anilines is 1. The van der Waals surface area contributed by atoms with E-state index >= 15 is 0 Å². The molecule has 0 saturated carbocycles. The van der Waals surface area contributed by atoms with E-state index in [4.69, 9.17) is 4.74 Å². The Hall–Kier alpha value is -2.53. The molecule has 0 bridgehead atoms. The fourth-order valence-corrected chi connectivity index (χ4v) is 3.84. The molecule has 0 radical (unpaired) electrons. The van der Waals surface area contributed by atoms with Crippen LogP contribution in [0.25, 0.3) is 11.4 Å². The number of hydrogen-bond donors (Lipinski definition) is 1. The van der Waals surface area contributed by atoms with Crippen molar-refractivity contribution < 1.29 is 17.5 Å². The van der Waals surface area contributed by atoms with Crippen LogP contribution in [-0.4, -0.2) is 34.4 Å². The summed E-state index contributed by atoms with van der Waals surface area (Å²) in [6.45, 7) is 3.83. The molecule has 0 saturated heterocycles. The van der Waals surface area contributed by atoms with Crippen LogP contribution in [0.3, 0.4) is 0 Å². The average molecular weight is 397 g/mol. The summed E-state index contributed by atoms with van der Waals surface area (Å²) < 4.78 is 51.5. The van der Waals surface area contributed by atoms with Crippen molar-refractivity contribution in [3.8, 4) is 17.1 Å². The first-order valence-electron chi connectivity index (χ1n) is 7.54. The predicted octanol–water partition coefficient (Wildman–Crippen LogP) is 2.93. The highest BCUT2D eigenvalue weighted by atomic mass is 32.2. The summed E-state index contributed by atoms with van der Waals surface area (Å²) in [5.41, 5.74) is 0.411. The topological polar surface area (TPSA) is 99.0 Å². The molecule has 0 unspecified atom stereocenters. The third-order valence-electron chi connectivity index (χ3n) is 3.51. The molecule has 2 heterocycles. The molecule has 3 rings (SSSR count). The molecule has 0 amide bonds. The van der Waals surface area contributed by atoms with Gasteiger partial charge in [0.25, 0.3) is 10.0 Å². The van der Waals surface area contributed by atoms with Crippen molar-refractivity contribution in [2.75, 3.05) is 11.8 Å². The summed E-state index contributed by atoms with van der Waals surface area (Å²) in [5.74, 6) is -0.242. The molecule has 3 aromatic rings. The number of benzene rings is 1. The van der Waals surface area contributed by atoms with Crippen molar-refractivity contribution in [2.45, 2.75) is 24.9 Å². The molecule has 138 valence electrons. The van der Waals surface area contributed by atoms with E-state index in [0.717, 1.165) is 11.5 Å². The summed E-state index contributed by atoms with van der Waals surface area (Å²) in [7, 11) is -2.51. The minimum atomic E-state index is -3.88. The van der Waals surface area contributed by atoms with E-state index in [9.17, 15) is 12.8 Å². The van der Waals surface area contributed by atoms with Crippen molar-refractivity contribution in [1.29, 1.82) is 0 Å². The van der Waals surface area contributed by atoms with Crippen molar-refractivity contribution in [3.63, 3.8) is 0 Å². The number of rotatable bonds is 6. The highest BCUT2D eigenvalue weighted by Gasteiger charge is 2.20. The van der Waals surface area contributed by atoms with E-state index in [1.807, 2.05) is 13.8 Å². The second-order valence-corrected chi connectivity index (χ2v) is 8.01. The number of imidazole rings is 1. The molecular formula is C15H16FN5O3S2. The molecule has 0 aliphatic carbocycles. The quantitative estimate of drug-likeness (QED) is 0.687.